The number of hydrogen-bond donors (Lipinski definition) is 1. The van der Waals surface area contributed by atoms with E-state index in [2.05, 4.69) is 12.2 Å². The number of thioether (sulfide) groups is 1. The summed E-state index contributed by atoms with van der Waals surface area (Å²) in [5.74, 6) is -0.137. The van der Waals surface area contributed by atoms with Crippen LogP contribution in [0, 0.1) is 11.6 Å². The van der Waals surface area contributed by atoms with Crippen molar-refractivity contribution in [1.82, 2.24) is 5.32 Å². The summed E-state index contributed by atoms with van der Waals surface area (Å²) in [6, 6.07) is 3.80. The van der Waals surface area contributed by atoms with E-state index in [0.717, 1.165) is 24.8 Å². The first-order valence-electron chi connectivity index (χ1n) is 5.46. The molecule has 2 unspecified atom stereocenters. The number of nitrogens with one attached hydrogen (secondary N) is 1. The van der Waals surface area contributed by atoms with E-state index in [-0.39, 0.29) is 6.04 Å². The van der Waals surface area contributed by atoms with Crippen LogP contribution in [0.15, 0.2) is 18.2 Å². The van der Waals surface area contributed by atoms with Gasteiger partial charge in [0, 0.05) is 23.1 Å². The van der Waals surface area contributed by atoms with Crippen molar-refractivity contribution in [1.29, 1.82) is 0 Å². The SMILES string of the molecule is CC1CCNC(c2cc(F)cc(F)c2)CS1. The summed E-state index contributed by atoms with van der Waals surface area (Å²) >= 11 is 1.85. The van der Waals surface area contributed by atoms with Crippen LogP contribution in [0.25, 0.3) is 0 Å². The molecule has 1 aromatic carbocycles. The highest BCUT2D eigenvalue weighted by atomic mass is 32.2. The van der Waals surface area contributed by atoms with Crippen molar-refractivity contribution in [2.75, 3.05) is 12.3 Å². The zero-order valence-corrected chi connectivity index (χ0v) is 9.99. The average molecular weight is 243 g/mol. The summed E-state index contributed by atoms with van der Waals surface area (Å²) < 4.78 is 26.2. The van der Waals surface area contributed by atoms with Gasteiger partial charge < -0.3 is 5.32 Å². The molecule has 1 nitrogen and oxygen atoms in total. The zero-order valence-electron chi connectivity index (χ0n) is 9.17. The lowest BCUT2D eigenvalue weighted by atomic mass is 10.1. The second-order valence-corrected chi connectivity index (χ2v) is 5.61. The van der Waals surface area contributed by atoms with Gasteiger partial charge in [-0.25, -0.2) is 8.78 Å². The van der Waals surface area contributed by atoms with Gasteiger partial charge in [0.25, 0.3) is 0 Å². The van der Waals surface area contributed by atoms with Gasteiger partial charge in [0.2, 0.25) is 0 Å². The third-order valence-electron chi connectivity index (χ3n) is 2.78. The third-order valence-corrected chi connectivity index (χ3v) is 4.11. The molecule has 1 aromatic rings. The highest BCUT2D eigenvalue weighted by molar-refractivity contribution is 7.99. The molecule has 0 radical (unpaired) electrons. The van der Waals surface area contributed by atoms with Gasteiger partial charge in [0.15, 0.2) is 0 Å². The Hall–Kier alpha value is -0.610. The highest BCUT2D eigenvalue weighted by Crippen LogP contribution is 2.26. The van der Waals surface area contributed by atoms with Crippen LogP contribution in [0.5, 0.6) is 0 Å². The molecular formula is C12H15F2NS. The molecule has 0 spiro atoms. The Kier molecular flexibility index (Phi) is 3.82. The molecule has 0 amide bonds. The molecule has 1 fully saturated rings. The minimum Gasteiger partial charge on any atom is -0.309 e. The number of halogens is 2. The molecule has 0 bridgehead atoms. The van der Waals surface area contributed by atoms with E-state index in [1.54, 1.807) is 0 Å². The Morgan fingerprint density at radius 2 is 1.94 bits per heavy atom. The molecule has 2 atom stereocenters. The fourth-order valence-corrected chi connectivity index (χ4v) is 2.97. The van der Waals surface area contributed by atoms with Gasteiger partial charge >= 0.3 is 0 Å². The quantitative estimate of drug-likeness (QED) is 0.813. The third kappa shape index (κ3) is 2.95. The summed E-state index contributed by atoms with van der Waals surface area (Å²) in [5.41, 5.74) is 0.708. The monoisotopic (exact) mass is 243 g/mol. The summed E-state index contributed by atoms with van der Waals surface area (Å²) in [6.45, 7) is 3.08. The molecule has 1 heterocycles. The molecule has 0 aliphatic carbocycles. The van der Waals surface area contributed by atoms with Gasteiger partial charge in [0.1, 0.15) is 11.6 Å². The van der Waals surface area contributed by atoms with Crippen molar-refractivity contribution in [3.05, 3.63) is 35.4 Å². The molecule has 2 rings (SSSR count). The van der Waals surface area contributed by atoms with E-state index in [1.807, 2.05) is 11.8 Å². The van der Waals surface area contributed by atoms with Crippen LogP contribution in [-0.2, 0) is 0 Å². The molecule has 0 aromatic heterocycles. The molecule has 0 saturated carbocycles. The molecule has 16 heavy (non-hydrogen) atoms. The van der Waals surface area contributed by atoms with Crippen molar-refractivity contribution < 1.29 is 8.78 Å². The van der Waals surface area contributed by atoms with Crippen LogP contribution in [-0.4, -0.2) is 17.5 Å². The van der Waals surface area contributed by atoms with Crippen LogP contribution in [0.1, 0.15) is 24.9 Å². The Labute approximate surface area is 98.6 Å². The molecule has 4 heteroatoms. The molecular weight excluding hydrogens is 228 g/mol. The summed E-state index contributed by atoms with van der Waals surface area (Å²) in [7, 11) is 0. The smallest absolute Gasteiger partial charge is 0.126 e. The van der Waals surface area contributed by atoms with Gasteiger partial charge in [-0.05, 0) is 30.7 Å². The van der Waals surface area contributed by atoms with Gasteiger partial charge in [-0.2, -0.15) is 11.8 Å². The van der Waals surface area contributed by atoms with E-state index in [9.17, 15) is 8.78 Å². The molecule has 1 N–H and O–H groups in total. The van der Waals surface area contributed by atoms with Crippen molar-refractivity contribution in [2.45, 2.75) is 24.6 Å². The Bertz CT molecular complexity index is 350. The van der Waals surface area contributed by atoms with E-state index in [4.69, 9.17) is 0 Å². The summed E-state index contributed by atoms with van der Waals surface area (Å²) in [5, 5.41) is 3.94. The lowest BCUT2D eigenvalue weighted by Crippen LogP contribution is -2.22. The van der Waals surface area contributed by atoms with Crippen molar-refractivity contribution in [3.8, 4) is 0 Å². The lowest BCUT2D eigenvalue weighted by Gasteiger charge is -2.15. The maximum atomic E-state index is 13.1. The number of benzene rings is 1. The Morgan fingerprint density at radius 3 is 2.62 bits per heavy atom. The topological polar surface area (TPSA) is 12.0 Å². The normalized spacial score (nSPS) is 26.4. The first-order chi connectivity index (χ1) is 7.65. The number of hydrogen-bond acceptors (Lipinski definition) is 2. The fraction of sp³-hybridized carbons (Fsp3) is 0.500. The molecule has 1 aliphatic heterocycles. The first-order valence-corrected chi connectivity index (χ1v) is 6.51. The zero-order chi connectivity index (χ0) is 11.5. The maximum Gasteiger partial charge on any atom is 0.126 e. The fourth-order valence-electron chi connectivity index (χ4n) is 1.85. The standard InChI is InChI=1S/C12H15F2NS/c1-8-2-3-15-12(7-16-8)9-4-10(13)6-11(14)5-9/h4-6,8,12,15H,2-3,7H2,1H3. The average Bonchev–Trinajstić information content (AvgIpc) is 2.41. The van der Waals surface area contributed by atoms with E-state index >= 15 is 0 Å². The largest absolute Gasteiger partial charge is 0.309 e. The van der Waals surface area contributed by atoms with Gasteiger partial charge in [-0.15, -0.1) is 0 Å². The summed E-state index contributed by atoms with van der Waals surface area (Å²) in [6.07, 6.45) is 1.10. The van der Waals surface area contributed by atoms with Crippen LogP contribution in [0.2, 0.25) is 0 Å². The van der Waals surface area contributed by atoms with Crippen LogP contribution in [0.4, 0.5) is 8.78 Å². The highest BCUT2D eigenvalue weighted by Gasteiger charge is 2.18. The number of rotatable bonds is 1. The second-order valence-electron chi connectivity index (χ2n) is 4.14. The molecule has 88 valence electrons. The molecule has 1 saturated heterocycles. The van der Waals surface area contributed by atoms with Crippen LogP contribution < -0.4 is 5.32 Å². The predicted octanol–water partition coefficient (Wildman–Crippen LogP) is 3.12. The van der Waals surface area contributed by atoms with E-state index < -0.39 is 11.6 Å². The Morgan fingerprint density at radius 1 is 1.25 bits per heavy atom. The van der Waals surface area contributed by atoms with Gasteiger partial charge in [-0.1, -0.05) is 6.92 Å². The van der Waals surface area contributed by atoms with Crippen LogP contribution in [0.3, 0.4) is 0 Å². The first kappa shape index (κ1) is 11.9. The van der Waals surface area contributed by atoms with Crippen molar-refractivity contribution >= 4 is 11.8 Å². The second kappa shape index (κ2) is 5.15. The van der Waals surface area contributed by atoms with Crippen molar-refractivity contribution in [3.63, 3.8) is 0 Å². The summed E-state index contributed by atoms with van der Waals surface area (Å²) in [4.78, 5) is 0. The van der Waals surface area contributed by atoms with Gasteiger partial charge in [0.05, 0.1) is 0 Å². The van der Waals surface area contributed by atoms with Crippen LogP contribution >= 0.6 is 11.8 Å². The maximum absolute atomic E-state index is 13.1. The predicted molar refractivity (Wildman–Crippen MR) is 63.6 cm³/mol. The molecule has 1 aliphatic rings. The minimum atomic E-state index is -0.501. The van der Waals surface area contributed by atoms with Crippen molar-refractivity contribution in [2.24, 2.45) is 0 Å². The Balaban J connectivity index is 2.16. The van der Waals surface area contributed by atoms with E-state index in [1.165, 1.54) is 12.1 Å². The van der Waals surface area contributed by atoms with E-state index in [0.29, 0.717) is 10.8 Å². The minimum absolute atomic E-state index is 0.0557. The lowest BCUT2D eigenvalue weighted by molar-refractivity contribution is 0.549. The van der Waals surface area contributed by atoms with Gasteiger partial charge in [-0.3, -0.25) is 0 Å².